The third-order valence-electron chi connectivity index (χ3n) is 2.34. The predicted molar refractivity (Wildman–Crippen MR) is 56.4 cm³/mol. The Morgan fingerprint density at radius 2 is 2.00 bits per heavy atom. The van der Waals surface area contributed by atoms with Crippen LogP contribution in [0.5, 0.6) is 5.75 Å². The number of hydrogen-bond donors (Lipinski definition) is 1. The Morgan fingerprint density at radius 3 is 2.50 bits per heavy atom. The Bertz CT molecular complexity index is 356. The molecule has 0 bridgehead atoms. The van der Waals surface area contributed by atoms with Crippen molar-refractivity contribution in [1.29, 1.82) is 0 Å². The number of phenolic OH excluding ortho intramolecular Hbond substituents is 1. The second kappa shape index (κ2) is 4.01. The van der Waals surface area contributed by atoms with E-state index in [1.54, 1.807) is 19.9 Å². The Morgan fingerprint density at radius 1 is 1.43 bits per heavy atom. The highest BCUT2D eigenvalue weighted by Crippen LogP contribution is 2.35. The van der Waals surface area contributed by atoms with Crippen molar-refractivity contribution >= 4 is 11.6 Å². The van der Waals surface area contributed by atoms with Gasteiger partial charge in [-0.25, -0.2) is 4.39 Å². The van der Waals surface area contributed by atoms with Crippen LogP contribution < -0.4 is 0 Å². The van der Waals surface area contributed by atoms with E-state index in [1.165, 1.54) is 0 Å². The lowest BCUT2D eigenvalue weighted by atomic mass is 10.0. The van der Waals surface area contributed by atoms with E-state index in [0.717, 1.165) is 0 Å². The van der Waals surface area contributed by atoms with Crippen molar-refractivity contribution in [2.45, 2.75) is 20.3 Å². The van der Waals surface area contributed by atoms with E-state index in [2.05, 4.69) is 6.58 Å². The molecule has 0 saturated heterocycles. The molecule has 1 rings (SSSR count). The average Bonchev–Trinajstić information content (AvgIpc) is 2.19. The van der Waals surface area contributed by atoms with Gasteiger partial charge in [0, 0.05) is 5.56 Å². The van der Waals surface area contributed by atoms with Gasteiger partial charge in [-0.2, -0.15) is 0 Å². The summed E-state index contributed by atoms with van der Waals surface area (Å²) in [5.41, 5.74) is 1.33. The predicted octanol–water partition coefficient (Wildman–Crippen LogP) is 3.53. The lowest BCUT2D eigenvalue weighted by molar-refractivity contribution is 0.461. The third-order valence-corrected chi connectivity index (χ3v) is 2.73. The van der Waals surface area contributed by atoms with E-state index in [4.69, 9.17) is 11.6 Å². The standard InChI is InChI=1S/C11H12ClFO/c1-4-5-8-9(12)10(13)6(2)7(3)11(8)14/h4,14H,1,5H2,2-3H3. The fraction of sp³-hybridized carbons (Fsp3) is 0.273. The Kier molecular flexibility index (Phi) is 3.17. The lowest BCUT2D eigenvalue weighted by Gasteiger charge is -2.12. The van der Waals surface area contributed by atoms with E-state index in [0.29, 0.717) is 23.1 Å². The van der Waals surface area contributed by atoms with Crippen LogP contribution in [0, 0.1) is 19.7 Å². The van der Waals surface area contributed by atoms with Crippen LogP contribution in [0.25, 0.3) is 0 Å². The first kappa shape index (κ1) is 11.1. The average molecular weight is 215 g/mol. The van der Waals surface area contributed by atoms with Crippen LogP contribution >= 0.6 is 11.6 Å². The zero-order chi connectivity index (χ0) is 10.9. The first-order chi connectivity index (χ1) is 6.50. The van der Waals surface area contributed by atoms with Gasteiger partial charge in [-0.15, -0.1) is 6.58 Å². The van der Waals surface area contributed by atoms with Crippen molar-refractivity contribution in [1.82, 2.24) is 0 Å². The molecule has 1 aromatic carbocycles. The van der Waals surface area contributed by atoms with Crippen molar-refractivity contribution in [3.05, 3.63) is 40.2 Å². The Hall–Kier alpha value is -1.02. The minimum absolute atomic E-state index is 0.00880. The minimum atomic E-state index is -0.459. The molecular formula is C11H12ClFO. The summed E-state index contributed by atoms with van der Waals surface area (Å²) in [6, 6.07) is 0. The van der Waals surface area contributed by atoms with Crippen molar-refractivity contribution in [2.24, 2.45) is 0 Å². The van der Waals surface area contributed by atoms with Crippen molar-refractivity contribution in [3.8, 4) is 5.75 Å². The zero-order valence-corrected chi connectivity index (χ0v) is 8.95. The molecule has 0 amide bonds. The van der Waals surface area contributed by atoms with Crippen LogP contribution in [0.15, 0.2) is 12.7 Å². The molecule has 1 nitrogen and oxygen atoms in total. The van der Waals surface area contributed by atoms with Crippen LogP contribution in [0.2, 0.25) is 5.02 Å². The number of hydrogen-bond acceptors (Lipinski definition) is 1. The van der Waals surface area contributed by atoms with Gasteiger partial charge in [0.25, 0.3) is 0 Å². The number of phenols is 1. The van der Waals surface area contributed by atoms with Crippen molar-refractivity contribution in [3.63, 3.8) is 0 Å². The van der Waals surface area contributed by atoms with Crippen LogP contribution in [0.1, 0.15) is 16.7 Å². The van der Waals surface area contributed by atoms with E-state index in [-0.39, 0.29) is 10.8 Å². The molecule has 0 spiro atoms. The summed E-state index contributed by atoms with van der Waals surface area (Å²) in [4.78, 5) is 0. The largest absolute Gasteiger partial charge is 0.507 e. The molecule has 0 aliphatic carbocycles. The first-order valence-corrected chi connectivity index (χ1v) is 4.65. The van der Waals surface area contributed by atoms with Gasteiger partial charge in [-0.3, -0.25) is 0 Å². The second-order valence-electron chi connectivity index (χ2n) is 3.20. The van der Waals surface area contributed by atoms with Gasteiger partial charge < -0.3 is 5.11 Å². The van der Waals surface area contributed by atoms with Gasteiger partial charge in [-0.05, 0) is 31.4 Å². The molecule has 1 aromatic rings. The first-order valence-electron chi connectivity index (χ1n) is 4.27. The Labute approximate surface area is 87.8 Å². The number of aromatic hydroxyl groups is 1. The smallest absolute Gasteiger partial charge is 0.145 e. The molecule has 1 N–H and O–H groups in total. The maximum Gasteiger partial charge on any atom is 0.145 e. The molecule has 0 fully saturated rings. The van der Waals surface area contributed by atoms with E-state index in [1.807, 2.05) is 0 Å². The summed E-state index contributed by atoms with van der Waals surface area (Å²) in [6.45, 7) is 6.78. The molecule has 14 heavy (non-hydrogen) atoms. The molecule has 3 heteroatoms. The number of benzene rings is 1. The zero-order valence-electron chi connectivity index (χ0n) is 8.19. The summed E-state index contributed by atoms with van der Waals surface area (Å²) in [6.07, 6.45) is 1.94. The molecular weight excluding hydrogens is 203 g/mol. The summed E-state index contributed by atoms with van der Waals surface area (Å²) in [5, 5.41) is 9.71. The quantitative estimate of drug-likeness (QED) is 0.747. The van der Waals surface area contributed by atoms with Crippen LogP contribution in [0.3, 0.4) is 0 Å². The Balaban J connectivity index is 3.50. The molecule has 0 heterocycles. The van der Waals surface area contributed by atoms with E-state index >= 15 is 0 Å². The number of rotatable bonds is 2. The normalized spacial score (nSPS) is 10.3. The SMILES string of the molecule is C=CCc1c(O)c(C)c(C)c(F)c1Cl. The van der Waals surface area contributed by atoms with Gasteiger partial charge in [0.1, 0.15) is 11.6 Å². The molecule has 0 unspecified atom stereocenters. The van der Waals surface area contributed by atoms with Crippen molar-refractivity contribution in [2.75, 3.05) is 0 Å². The lowest BCUT2D eigenvalue weighted by Crippen LogP contribution is -1.96. The fourth-order valence-electron chi connectivity index (χ4n) is 1.30. The third kappa shape index (κ3) is 1.62. The van der Waals surface area contributed by atoms with Crippen LogP contribution in [0.4, 0.5) is 4.39 Å². The molecule has 0 saturated carbocycles. The van der Waals surface area contributed by atoms with Crippen LogP contribution in [-0.2, 0) is 6.42 Å². The molecule has 0 aliphatic heterocycles. The maximum atomic E-state index is 13.5. The molecule has 0 aromatic heterocycles. The van der Waals surface area contributed by atoms with E-state index < -0.39 is 5.82 Å². The molecule has 76 valence electrons. The summed E-state index contributed by atoms with van der Waals surface area (Å²) in [5.74, 6) is -0.396. The number of allylic oxidation sites excluding steroid dienone is 1. The fourth-order valence-corrected chi connectivity index (χ4v) is 1.61. The maximum absolute atomic E-state index is 13.5. The highest BCUT2D eigenvalue weighted by atomic mass is 35.5. The summed E-state index contributed by atoms with van der Waals surface area (Å²) >= 11 is 5.77. The molecule has 0 atom stereocenters. The highest BCUT2D eigenvalue weighted by molar-refractivity contribution is 6.31. The van der Waals surface area contributed by atoms with Crippen molar-refractivity contribution < 1.29 is 9.50 Å². The van der Waals surface area contributed by atoms with Gasteiger partial charge >= 0.3 is 0 Å². The van der Waals surface area contributed by atoms with Gasteiger partial charge in [-0.1, -0.05) is 17.7 Å². The van der Waals surface area contributed by atoms with Gasteiger partial charge in [0.05, 0.1) is 5.02 Å². The van der Waals surface area contributed by atoms with Gasteiger partial charge in [0.15, 0.2) is 0 Å². The second-order valence-corrected chi connectivity index (χ2v) is 3.58. The van der Waals surface area contributed by atoms with E-state index in [9.17, 15) is 9.50 Å². The summed E-state index contributed by atoms with van der Waals surface area (Å²) in [7, 11) is 0. The number of halogens is 2. The monoisotopic (exact) mass is 214 g/mol. The molecule has 0 radical (unpaired) electrons. The van der Waals surface area contributed by atoms with Crippen LogP contribution in [-0.4, -0.2) is 5.11 Å². The topological polar surface area (TPSA) is 20.2 Å². The summed E-state index contributed by atoms with van der Waals surface area (Å²) < 4.78 is 13.5. The highest BCUT2D eigenvalue weighted by Gasteiger charge is 2.16. The minimum Gasteiger partial charge on any atom is -0.507 e. The molecule has 0 aliphatic rings. The van der Waals surface area contributed by atoms with Gasteiger partial charge in [0.2, 0.25) is 0 Å².